The first kappa shape index (κ1) is 19.4. The van der Waals surface area contributed by atoms with Crippen LogP contribution in [0.4, 0.5) is 0 Å². The number of nitrogens with zero attached hydrogens (tertiary/aromatic N) is 1. The van der Waals surface area contributed by atoms with Gasteiger partial charge < -0.3 is 0 Å². The highest BCUT2D eigenvalue weighted by Gasteiger charge is 2.35. The van der Waals surface area contributed by atoms with Crippen molar-refractivity contribution in [2.24, 2.45) is 5.92 Å². The van der Waals surface area contributed by atoms with Crippen LogP contribution in [0.25, 0.3) is 0 Å². The van der Waals surface area contributed by atoms with E-state index in [0.717, 1.165) is 25.9 Å². The molecule has 0 aromatic heterocycles. The first-order valence-electron chi connectivity index (χ1n) is 8.91. The Morgan fingerprint density at radius 3 is 2.38 bits per heavy atom. The highest BCUT2D eigenvalue weighted by molar-refractivity contribution is 7.90. The third-order valence-corrected chi connectivity index (χ3v) is 6.88. The number of sulfonamides is 1. The molecule has 2 unspecified atom stereocenters. The molecule has 1 aliphatic heterocycles. The minimum Gasteiger partial charge on any atom is -0.296 e. The quantitative estimate of drug-likeness (QED) is 0.881. The van der Waals surface area contributed by atoms with E-state index >= 15 is 0 Å². The Morgan fingerprint density at radius 1 is 1.21 bits per heavy atom. The van der Waals surface area contributed by atoms with Crippen molar-refractivity contribution in [2.45, 2.75) is 64.3 Å². The summed E-state index contributed by atoms with van der Waals surface area (Å²) in [6, 6.07) is 10.7. The van der Waals surface area contributed by atoms with Gasteiger partial charge in [-0.3, -0.25) is 4.90 Å². The molecule has 4 nitrogen and oxygen atoms in total. The topological polar surface area (TPSA) is 49.4 Å². The lowest BCUT2D eigenvalue weighted by Crippen LogP contribution is -2.50. The molecule has 1 fully saturated rings. The predicted octanol–water partition coefficient (Wildman–Crippen LogP) is 3.57. The molecule has 1 aromatic carbocycles. The third-order valence-electron chi connectivity index (χ3n) is 4.63. The van der Waals surface area contributed by atoms with Crippen LogP contribution in [-0.4, -0.2) is 37.2 Å². The Hall–Kier alpha value is -0.910. The molecule has 0 saturated carbocycles. The fourth-order valence-corrected chi connectivity index (χ4v) is 4.23. The molecule has 0 spiro atoms. The Balaban J connectivity index is 2.17. The number of hydrogen-bond acceptors (Lipinski definition) is 3. The zero-order valence-corrected chi connectivity index (χ0v) is 16.4. The lowest BCUT2D eigenvalue weighted by atomic mass is 9.91. The molecule has 1 N–H and O–H groups in total. The van der Waals surface area contributed by atoms with Gasteiger partial charge in [-0.2, -0.15) is 0 Å². The lowest BCUT2D eigenvalue weighted by Gasteiger charge is -2.41. The van der Waals surface area contributed by atoms with Gasteiger partial charge in [0.05, 0.1) is 4.75 Å². The number of rotatable bonds is 5. The van der Waals surface area contributed by atoms with Gasteiger partial charge in [-0.25, -0.2) is 13.1 Å². The summed E-state index contributed by atoms with van der Waals surface area (Å²) in [5, 5.41) is 0. The molecule has 5 heteroatoms. The Morgan fingerprint density at radius 2 is 1.83 bits per heavy atom. The second-order valence-electron chi connectivity index (χ2n) is 8.27. The van der Waals surface area contributed by atoms with Gasteiger partial charge in [0.1, 0.15) is 0 Å². The van der Waals surface area contributed by atoms with Crippen molar-refractivity contribution in [1.29, 1.82) is 0 Å². The van der Waals surface area contributed by atoms with E-state index in [0.29, 0.717) is 5.92 Å². The normalized spacial score (nSPS) is 23.6. The minimum absolute atomic E-state index is 0.00263. The van der Waals surface area contributed by atoms with E-state index in [1.165, 1.54) is 5.56 Å². The van der Waals surface area contributed by atoms with E-state index in [4.69, 9.17) is 0 Å². The van der Waals surface area contributed by atoms with Gasteiger partial charge in [0, 0.05) is 25.2 Å². The fourth-order valence-electron chi connectivity index (χ4n) is 3.23. The van der Waals surface area contributed by atoms with Crippen LogP contribution in [0.1, 0.15) is 59.1 Å². The van der Waals surface area contributed by atoms with E-state index in [2.05, 4.69) is 47.7 Å². The molecule has 1 heterocycles. The second-order valence-corrected chi connectivity index (χ2v) is 10.7. The first-order chi connectivity index (χ1) is 11.1. The van der Waals surface area contributed by atoms with Crippen LogP contribution in [0.3, 0.4) is 0 Å². The van der Waals surface area contributed by atoms with Crippen molar-refractivity contribution in [2.75, 3.05) is 13.1 Å². The molecule has 24 heavy (non-hydrogen) atoms. The molecule has 0 bridgehead atoms. The summed E-state index contributed by atoms with van der Waals surface area (Å²) in [6.45, 7) is 11.7. The van der Waals surface area contributed by atoms with Crippen LogP contribution in [0.2, 0.25) is 0 Å². The molecule has 0 amide bonds. The van der Waals surface area contributed by atoms with Crippen molar-refractivity contribution < 1.29 is 8.42 Å². The van der Waals surface area contributed by atoms with Gasteiger partial charge in [0.2, 0.25) is 10.0 Å². The number of hydrogen-bond donors (Lipinski definition) is 1. The predicted molar refractivity (Wildman–Crippen MR) is 100 cm³/mol. The summed E-state index contributed by atoms with van der Waals surface area (Å²) in [7, 11) is -3.31. The summed E-state index contributed by atoms with van der Waals surface area (Å²) in [5.41, 5.74) is 1.28. The maximum absolute atomic E-state index is 12.5. The van der Waals surface area contributed by atoms with Gasteiger partial charge in [-0.05, 0) is 45.1 Å². The fraction of sp³-hybridized carbons (Fsp3) is 0.684. The molecule has 0 radical (unpaired) electrons. The van der Waals surface area contributed by atoms with Gasteiger partial charge in [-0.1, -0.05) is 44.2 Å². The zero-order chi connectivity index (χ0) is 18.0. The maximum Gasteiger partial charge on any atom is 0.216 e. The van der Waals surface area contributed by atoms with Gasteiger partial charge >= 0.3 is 0 Å². The number of piperidine rings is 1. The number of likely N-dealkylation sites (tertiary alicyclic amines) is 1. The van der Waals surface area contributed by atoms with E-state index in [1.54, 1.807) is 20.8 Å². The Bertz CT molecular complexity index is 621. The molecule has 1 aromatic rings. The maximum atomic E-state index is 12.5. The molecule has 2 atom stereocenters. The molecular weight excluding hydrogens is 320 g/mol. The van der Waals surface area contributed by atoms with E-state index in [1.807, 2.05) is 6.07 Å². The van der Waals surface area contributed by atoms with E-state index < -0.39 is 14.8 Å². The first-order valence-corrected chi connectivity index (χ1v) is 10.4. The molecule has 0 aliphatic carbocycles. The minimum atomic E-state index is -3.31. The number of nitrogens with one attached hydrogen (secondary N) is 1. The standard InChI is InChI=1S/C19H32N2O2S/c1-15(2)14-21-12-11-17(20-24(22,23)19(3,4)5)13-18(21)16-9-7-6-8-10-16/h6-10,15,17-18,20H,11-14H2,1-5H3. The van der Waals surface area contributed by atoms with Crippen molar-refractivity contribution >= 4 is 10.0 Å². The van der Waals surface area contributed by atoms with Crippen molar-refractivity contribution in [3.8, 4) is 0 Å². The molecule has 136 valence electrons. The van der Waals surface area contributed by atoms with Crippen LogP contribution in [0.15, 0.2) is 30.3 Å². The smallest absolute Gasteiger partial charge is 0.216 e. The van der Waals surface area contributed by atoms with Crippen molar-refractivity contribution in [3.05, 3.63) is 35.9 Å². The van der Waals surface area contributed by atoms with Gasteiger partial charge in [0.15, 0.2) is 0 Å². The largest absolute Gasteiger partial charge is 0.296 e. The SMILES string of the molecule is CC(C)CN1CCC(NS(=O)(=O)C(C)(C)C)CC1c1ccccc1. The van der Waals surface area contributed by atoms with Crippen molar-refractivity contribution in [1.82, 2.24) is 9.62 Å². The van der Waals surface area contributed by atoms with Crippen LogP contribution in [-0.2, 0) is 10.0 Å². The summed E-state index contributed by atoms with van der Waals surface area (Å²) in [4.78, 5) is 2.50. The van der Waals surface area contributed by atoms with E-state index in [-0.39, 0.29) is 12.1 Å². The van der Waals surface area contributed by atoms with Crippen LogP contribution >= 0.6 is 0 Å². The van der Waals surface area contributed by atoms with Gasteiger partial charge in [0.25, 0.3) is 0 Å². The van der Waals surface area contributed by atoms with Crippen molar-refractivity contribution in [3.63, 3.8) is 0 Å². The van der Waals surface area contributed by atoms with Crippen LogP contribution < -0.4 is 4.72 Å². The molecule has 1 saturated heterocycles. The van der Waals surface area contributed by atoms with E-state index in [9.17, 15) is 8.42 Å². The Labute approximate surface area is 147 Å². The van der Waals surface area contributed by atoms with Crippen LogP contribution in [0, 0.1) is 5.92 Å². The summed E-state index contributed by atoms with van der Waals surface area (Å²) < 4.78 is 27.2. The summed E-state index contributed by atoms with van der Waals surface area (Å²) in [5.74, 6) is 0.596. The second kappa shape index (κ2) is 7.54. The zero-order valence-electron chi connectivity index (χ0n) is 15.6. The Kier molecular flexibility index (Phi) is 6.10. The van der Waals surface area contributed by atoms with Crippen LogP contribution in [0.5, 0.6) is 0 Å². The average molecular weight is 353 g/mol. The third kappa shape index (κ3) is 4.80. The monoisotopic (exact) mass is 352 g/mol. The highest BCUT2D eigenvalue weighted by atomic mass is 32.2. The summed E-state index contributed by atoms with van der Waals surface area (Å²) in [6.07, 6.45) is 1.69. The highest BCUT2D eigenvalue weighted by Crippen LogP contribution is 2.32. The molecule has 2 rings (SSSR count). The summed E-state index contributed by atoms with van der Waals surface area (Å²) >= 11 is 0. The number of benzene rings is 1. The molecular formula is C19H32N2O2S. The average Bonchev–Trinajstić information content (AvgIpc) is 2.48. The van der Waals surface area contributed by atoms with Gasteiger partial charge in [-0.15, -0.1) is 0 Å². The lowest BCUT2D eigenvalue weighted by molar-refractivity contribution is 0.117. The molecule has 1 aliphatic rings.